The van der Waals surface area contributed by atoms with Crippen LogP contribution in [0.25, 0.3) is 5.69 Å². The van der Waals surface area contributed by atoms with Crippen molar-refractivity contribution in [1.82, 2.24) is 20.0 Å². The van der Waals surface area contributed by atoms with E-state index in [0.717, 1.165) is 35.6 Å². The highest BCUT2D eigenvalue weighted by molar-refractivity contribution is 5.70. The summed E-state index contributed by atoms with van der Waals surface area (Å²) in [4.78, 5) is 14.9. The molecule has 1 amide bonds. The van der Waals surface area contributed by atoms with Gasteiger partial charge >= 0.3 is 6.09 Å². The molecule has 7 nitrogen and oxygen atoms in total. The van der Waals surface area contributed by atoms with Crippen LogP contribution in [0.3, 0.4) is 0 Å². The predicted octanol–water partition coefficient (Wildman–Crippen LogP) is 4.26. The molecule has 1 aromatic carbocycles. The number of ether oxygens (including phenoxy) is 2. The number of nitrogens with one attached hydrogen (secondary N) is 1. The van der Waals surface area contributed by atoms with Gasteiger partial charge in [0.15, 0.2) is 0 Å². The van der Waals surface area contributed by atoms with Crippen molar-refractivity contribution >= 4 is 6.09 Å². The number of benzene rings is 1. The lowest BCUT2D eigenvalue weighted by molar-refractivity contribution is 0.0140. The van der Waals surface area contributed by atoms with E-state index < -0.39 is 5.60 Å². The fourth-order valence-electron chi connectivity index (χ4n) is 4.56. The topological polar surface area (TPSA) is 68.6 Å². The molecular weight excluding hydrogens is 404 g/mol. The summed E-state index contributed by atoms with van der Waals surface area (Å²) < 4.78 is 13.7. The van der Waals surface area contributed by atoms with Crippen molar-refractivity contribution < 1.29 is 14.3 Å². The van der Waals surface area contributed by atoms with Gasteiger partial charge in [-0.05, 0) is 50.8 Å². The van der Waals surface area contributed by atoms with Gasteiger partial charge < -0.3 is 14.8 Å². The van der Waals surface area contributed by atoms with Crippen molar-refractivity contribution in [3.05, 3.63) is 46.3 Å². The van der Waals surface area contributed by atoms with Gasteiger partial charge in [-0.15, -0.1) is 0 Å². The van der Waals surface area contributed by atoms with Gasteiger partial charge in [0.1, 0.15) is 5.60 Å². The second kappa shape index (κ2) is 8.87. The number of amides is 1. The molecule has 0 radical (unpaired) electrons. The fraction of sp³-hybridized carbons (Fsp3) is 0.600. The van der Waals surface area contributed by atoms with E-state index in [-0.39, 0.29) is 12.1 Å². The van der Waals surface area contributed by atoms with Crippen LogP contribution in [0.1, 0.15) is 74.7 Å². The van der Waals surface area contributed by atoms with Gasteiger partial charge in [-0.2, -0.15) is 5.10 Å². The van der Waals surface area contributed by atoms with E-state index >= 15 is 0 Å². The molecule has 1 aromatic heterocycles. The largest absolute Gasteiger partial charge is 0.444 e. The Bertz CT molecular complexity index is 990. The Kier molecular flexibility index (Phi) is 6.32. The number of aryl methyl sites for hydroxylation is 1. The molecule has 1 N–H and O–H groups in total. The van der Waals surface area contributed by atoms with Crippen LogP contribution in [0.2, 0.25) is 0 Å². The maximum absolute atomic E-state index is 13.1. The average molecular weight is 441 g/mol. The van der Waals surface area contributed by atoms with E-state index in [0.29, 0.717) is 32.2 Å². The van der Waals surface area contributed by atoms with Gasteiger partial charge in [-0.25, -0.2) is 9.48 Å². The lowest BCUT2D eigenvalue weighted by Crippen LogP contribution is -2.46. The Morgan fingerprint density at radius 3 is 2.78 bits per heavy atom. The Morgan fingerprint density at radius 2 is 2.09 bits per heavy atom. The summed E-state index contributed by atoms with van der Waals surface area (Å²) in [5.74, 6) is 0.481. The van der Waals surface area contributed by atoms with Crippen LogP contribution in [0.5, 0.6) is 0 Å². The summed E-state index contributed by atoms with van der Waals surface area (Å²) in [6, 6.07) is 6.48. The number of hydrogen-bond acceptors (Lipinski definition) is 5. The number of carbonyl (C=O) groups is 1. The summed E-state index contributed by atoms with van der Waals surface area (Å²) in [7, 11) is 0. The molecule has 3 heterocycles. The van der Waals surface area contributed by atoms with Gasteiger partial charge in [0.05, 0.1) is 36.3 Å². The van der Waals surface area contributed by atoms with E-state index in [1.165, 1.54) is 11.1 Å². The quantitative estimate of drug-likeness (QED) is 0.756. The van der Waals surface area contributed by atoms with Gasteiger partial charge in [-0.3, -0.25) is 4.90 Å². The monoisotopic (exact) mass is 440 g/mol. The maximum Gasteiger partial charge on any atom is 0.410 e. The van der Waals surface area contributed by atoms with Crippen molar-refractivity contribution in [3.63, 3.8) is 0 Å². The number of carbonyl (C=O) groups excluding carboxylic acids is 1. The van der Waals surface area contributed by atoms with Crippen molar-refractivity contribution in [2.75, 3.05) is 26.2 Å². The molecule has 4 rings (SSSR count). The number of aromatic nitrogens is 2. The Balaban J connectivity index is 1.78. The lowest BCUT2D eigenvalue weighted by Gasteiger charge is -2.37. The molecule has 0 saturated heterocycles. The first-order valence-electron chi connectivity index (χ1n) is 11.7. The highest BCUT2D eigenvalue weighted by Gasteiger charge is 2.38. The van der Waals surface area contributed by atoms with Crippen LogP contribution < -0.4 is 5.32 Å². The predicted molar refractivity (Wildman–Crippen MR) is 124 cm³/mol. The fourth-order valence-corrected chi connectivity index (χ4v) is 4.56. The smallest absolute Gasteiger partial charge is 0.410 e. The Morgan fingerprint density at radius 1 is 1.31 bits per heavy atom. The van der Waals surface area contributed by atoms with Gasteiger partial charge in [0, 0.05) is 31.6 Å². The van der Waals surface area contributed by atoms with Crippen LogP contribution >= 0.6 is 0 Å². The third-order valence-electron chi connectivity index (χ3n) is 6.14. The lowest BCUT2D eigenvalue weighted by atomic mass is 9.95. The molecule has 0 unspecified atom stereocenters. The number of rotatable bonds is 2. The summed E-state index contributed by atoms with van der Waals surface area (Å²) in [5.41, 5.74) is 6.25. The molecule has 1 atom stereocenters. The van der Waals surface area contributed by atoms with Gasteiger partial charge in [-0.1, -0.05) is 26.0 Å². The van der Waals surface area contributed by atoms with Crippen molar-refractivity contribution in [3.8, 4) is 5.69 Å². The van der Waals surface area contributed by atoms with Crippen LogP contribution in [0.4, 0.5) is 4.79 Å². The number of nitrogens with zero attached hydrogens (tertiary/aromatic N) is 3. The molecule has 7 heteroatoms. The van der Waals surface area contributed by atoms with Crippen LogP contribution in [0.15, 0.2) is 18.2 Å². The Hall–Kier alpha value is -2.38. The zero-order valence-electron chi connectivity index (χ0n) is 20.2. The molecule has 2 aliphatic rings. The molecule has 2 aliphatic heterocycles. The highest BCUT2D eigenvalue weighted by Crippen LogP contribution is 2.36. The minimum Gasteiger partial charge on any atom is -0.444 e. The van der Waals surface area contributed by atoms with E-state index in [1.807, 2.05) is 25.7 Å². The summed E-state index contributed by atoms with van der Waals surface area (Å²) in [6.45, 7) is 15.3. The zero-order chi connectivity index (χ0) is 23.0. The molecular formula is C25H36N4O3. The normalized spacial score (nSPS) is 19.2. The zero-order valence-corrected chi connectivity index (χ0v) is 20.2. The second-order valence-electron chi connectivity index (χ2n) is 10.1. The molecule has 0 spiro atoms. The third-order valence-corrected chi connectivity index (χ3v) is 6.14. The van der Waals surface area contributed by atoms with E-state index in [9.17, 15) is 4.79 Å². The molecule has 2 aromatic rings. The minimum atomic E-state index is -0.533. The standard InChI is InChI=1S/C25H36N4O3/c1-16(2)18-7-8-20(17(3)13-18)29-21-9-11-28(24(30)32-25(4,5)6)22-14-26-10-12-31-15-19(27-29)23(21)22/h7-8,13,16,22,26H,9-12,14-15H2,1-6H3/t22-/m0/s1. The summed E-state index contributed by atoms with van der Waals surface area (Å²) in [6.07, 6.45) is 0.454. The SMILES string of the molecule is Cc1cc(C(C)C)ccc1-n1nc2c3c1CCN(C(=O)OC(C)(C)C)[C@H]3CNCCOC2. The molecule has 0 bridgehead atoms. The number of hydrogen-bond donors (Lipinski definition) is 1. The van der Waals surface area contributed by atoms with Gasteiger partial charge in [0.2, 0.25) is 0 Å². The van der Waals surface area contributed by atoms with Crippen LogP contribution in [-0.2, 0) is 22.5 Å². The highest BCUT2D eigenvalue weighted by atomic mass is 16.6. The molecule has 174 valence electrons. The van der Waals surface area contributed by atoms with Crippen molar-refractivity contribution in [2.24, 2.45) is 0 Å². The second-order valence-corrected chi connectivity index (χ2v) is 10.1. The van der Waals surface area contributed by atoms with Crippen LogP contribution in [-0.4, -0.2) is 52.6 Å². The van der Waals surface area contributed by atoms with Crippen molar-refractivity contribution in [2.45, 2.75) is 72.1 Å². The maximum atomic E-state index is 13.1. The van der Waals surface area contributed by atoms with Gasteiger partial charge in [0.25, 0.3) is 0 Å². The molecule has 32 heavy (non-hydrogen) atoms. The van der Waals surface area contributed by atoms with Crippen molar-refractivity contribution in [1.29, 1.82) is 0 Å². The molecule has 0 saturated carbocycles. The summed E-state index contributed by atoms with van der Waals surface area (Å²) in [5, 5.41) is 8.46. The van der Waals surface area contributed by atoms with E-state index in [1.54, 1.807) is 0 Å². The van der Waals surface area contributed by atoms with Crippen LogP contribution in [0, 0.1) is 6.92 Å². The minimum absolute atomic E-state index is 0.130. The van der Waals surface area contributed by atoms with E-state index in [4.69, 9.17) is 14.6 Å². The first-order valence-corrected chi connectivity index (χ1v) is 11.7. The first-order chi connectivity index (χ1) is 15.2. The molecule has 0 fully saturated rings. The Labute approximate surface area is 191 Å². The first kappa shape index (κ1) is 22.8. The summed E-state index contributed by atoms with van der Waals surface area (Å²) >= 11 is 0. The van der Waals surface area contributed by atoms with E-state index in [2.05, 4.69) is 49.0 Å². The third kappa shape index (κ3) is 4.55. The average Bonchev–Trinajstić information content (AvgIpc) is 3.11. The molecule has 0 aliphatic carbocycles.